The van der Waals surface area contributed by atoms with Crippen LogP contribution in [0.3, 0.4) is 0 Å². The molecular weight excluding hydrogens is 416 g/mol. The minimum Gasteiger partial charge on any atom is -0.455 e. The standard InChI is InChI=1S/C28H40O5/c1-6-9-26-22(5)25(30)18-27(33-26)24(29)12-7-10-19(2)16-21(4)17-20(3)14-15-23-11-8-13-28(31)32-23/h6-10,12-15,17,21-27,29-30H,11,16,18H2,1-5H3/b9-6+,12-7+,15-14+,19-10+,20-17-/t21-,22+,23?,24-,25-,26+,27+/m1/s1. The summed E-state index contributed by atoms with van der Waals surface area (Å²) in [4.78, 5) is 11.3. The highest BCUT2D eigenvalue weighted by Crippen LogP contribution is 2.28. The Kier molecular flexibility index (Phi) is 11.0. The van der Waals surface area contributed by atoms with Gasteiger partial charge in [-0.3, -0.25) is 0 Å². The number of ether oxygens (including phenoxy) is 2. The fourth-order valence-corrected chi connectivity index (χ4v) is 4.19. The van der Waals surface area contributed by atoms with E-state index in [1.54, 1.807) is 6.08 Å². The Morgan fingerprint density at radius 2 is 2.06 bits per heavy atom. The lowest BCUT2D eigenvalue weighted by molar-refractivity contribution is -0.141. The first kappa shape index (κ1) is 27.0. The Bertz CT molecular complexity index is 816. The SMILES string of the molecule is C/C=C/[C@@H]1O[C@H]([C@H](O)/C=C/C=C(\C)C[C@@H](C)/C=C(C)\C=C\C2CC=CC(=O)O2)C[C@@H](O)[C@@H]1C. The van der Waals surface area contributed by atoms with Gasteiger partial charge in [0.05, 0.1) is 24.4 Å². The summed E-state index contributed by atoms with van der Waals surface area (Å²) in [5, 5.41) is 20.8. The molecule has 2 aliphatic rings. The third kappa shape index (κ3) is 9.28. The Morgan fingerprint density at radius 3 is 2.76 bits per heavy atom. The van der Waals surface area contributed by atoms with Crippen molar-refractivity contribution in [2.45, 2.75) is 84.4 Å². The summed E-state index contributed by atoms with van der Waals surface area (Å²) < 4.78 is 11.2. The van der Waals surface area contributed by atoms with Crippen LogP contribution in [0, 0.1) is 11.8 Å². The van der Waals surface area contributed by atoms with Crippen molar-refractivity contribution in [1.82, 2.24) is 0 Å². The van der Waals surface area contributed by atoms with Crippen molar-refractivity contribution >= 4 is 5.97 Å². The predicted octanol–water partition coefficient (Wildman–Crippen LogP) is 4.98. The minimum atomic E-state index is -0.766. The van der Waals surface area contributed by atoms with Crippen LogP contribution in [0.5, 0.6) is 0 Å². The summed E-state index contributed by atoms with van der Waals surface area (Å²) in [6.07, 6.45) is 18.9. The molecule has 5 nitrogen and oxygen atoms in total. The maximum Gasteiger partial charge on any atom is 0.331 e. The van der Waals surface area contributed by atoms with Gasteiger partial charge in [0.2, 0.25) is 0 Å². The molecule has 0 saturated carbocycles. The lowest BCUT2D eigenvalue weighted by Gasteiger charge is -2.38. The van der Waals surface area contributed by atoms with Gasteiger partial charge < -0.3 is 19.7 Å². The number of aliphatic hydroxyl groups is 2. The average molecular weight is 457 g/mol. The Hall–Kier alpha value is -2.21. The number of esters is 1. The largest absolute Gasteiger partial charge is 0.455 e. The fraction of sp³-hybridized carbons (Fsp3) is 0.536. The number of cyclic esters (lactones) is 1. The highest BCUT2D eigenvalue weighted by molar-refractivity contribution is 5.82. The van der Waals surface area contributed by atoms with Crippen LogP contribution < -0.4 is 0 Å². The van der Waals surface area contributed by atoms with Crippen LogP contribution in [0.2, 0.25) is 0 Å². The molecule has 1 unspecified atom stereocenters. The lowest BCUT2D eigenvalue weighted by Crippen LogP contribution is -2.46. The van der Waals surface area contributed by atoms with Crippen molar-refractivity contribution in [3.05, 3.63) is 71.9 Å². The molecule has 0 radical (unpaired) electrons. The van der Waals surface area contributed by atoms with Gasteiger partial charge in [0.1, 0.15) is 6.10 Å². The topological polar surface area (TPSA) is 76.0 Å². The van der Waals surface area contributed by atoms with Gasteiger partial charge in [-0.05, 0) is 39.2 Å². The second-order valence-electron chi connectivity index (χ2n) is 9.28. The van der Waals surface area contributed by atoms with E-state index >= 15 is 0 Å². The van der Waals surface area contributed by atoms with Crippen LogP contribution in [0.4, 0.5) is 0 Å². The van der Waals surface area contributed by atoms with E-state index in [4.69, 9.17) is 9.47 Å². The molecule has 7 atom stereocenters. The first-order valence-electron chi connectivity index (χ1n) is 11.9. The van der Waals surface area contributed by atoms with Gasteiger partial charge in [0, 0.05) is 24.8 Å². The molecule has 33 heavy (non-hydrogen) atoms. The average Bonchev–Trinajstić information content (AvgIpc) is 2.75. The molecule has 0 aromatic carbocycles. The monoisotopic (exact) mass is 456 g/mol. The van der Waals surface area contributed by atoms with E-state index in [1.165, 1.54) is 11.6 Å². The molecule has 0 aromatic heterocycles. The summed E-state index contributed by atoms with van der Waals surface area (Å²) in [5.74, 6) is 0.0688. The maximum atomic E-state index is 11.3. The van der Waals surface area contributed by atoms with Crippen molar-refractivity contribution in [2.75, 3.05) is 0 Å². The number of aliphatic hydroxyl groups excluding tert-OH is 2. The number of carbonyl (C=O) groups excluding carboxylic acids is 1. The first-order chi connectivity index (χ1) is 15.7. The Labute approximate surface area is 198 Å². The smallest absolute Gasteiger partial charge is 0.331 e. The molecule has 0 aromatic rings. The first-order valence-corrected chi connectivity index (χ1v) is 11.9. The third-order valence-electron chi connectivity index (χ3n) is 6.04. The second kappa shape index (κ2) is 13.5. The van der Waals surface area contributed by atoms with Crippen LogP contribution in [0.1, 0.15) is 53.9 Å². The quantitative estimate of drug-likeness (QED) is 0.291. The van der Waals surface area contributed by atoms with E-state index in [2.05, 4.69) is 19.9 Å². The van der Waals surface area contributed by atoms with Gasteiger partial charge in [-0.2, -0.15) is 0 Å². The van der Waals surface area contributed by atoms with Crippen molar-refractivity contribution in [3.63, 3.8) is 0 Å². The van der Waals surface area contributed by atoms with Crippen LogP contribution in [0.15, 0.2) is 71.9 Å². The zero-order chi connectivity index (χ0) is 24.4. The van der Waals surface area contributed by atoms with Crippen molar-refractivity contribution in [2.24, 2.45) is 11.8 Å². The van der Waals surface area contributed by atoms with Crippen molar-refractivity contribution in [1.29, 1.82) is 0 Å². The molecule has 0 spiro atoms. The Balaban J connectivity index is 1.85. The molecular formula is C28H40O5. The van der Waals surface area contributed by atoms with Crippen LogP contribution in [0.25, 0.3) is 0 Å². The maximum absolute atomic E-state index is 11.3. The zero-order valence-corrected chi connectivity index (χ0v) is 20.6. The van der Waals surface area contributed by atoms with E-state index < -0.39 is 18.3 Å². The number of hydrogen-bond donors (Lipinski definition) is 2. The van der Waals surface area contributed by atoms with Gasteiger partial charge in [-0.15, -0.1) is 0 Å². The van der Waals surface area contributed by atoms with Crippen LogP contribution in [-0.2, 0) is 14.3 Å². The van der Waals surface area contributed by atoms with Crippen LogP contribution >= 0.6 is 0 Å². The number of hydrogen-bond acceptors (Lipinski definition) is 5. The molecule has 1 fully saturated rings. The highest BCUT2D eigenvalue weighted by Gasteiger charge is 2.35. The molecule has 182 valence electrons. The molecule has 5 heteroatoms. The van der Waals surface area contributed by atoms with Gasteiger partial charge in [-0.25, -0.2) is 4.79 Å². The molecule has 2 aliphatic heterocycles. The summed E-state index contributed by atoms with van der Waals surface area (Å²) in [5.41, 5.74) is 2.33. The normalized spacial score (nSPS) is 31.5. The van der Waals surface area contributed by atoms with Gasteiger partial charge >= 0.3 is 5.97 Å². The molecule has 2 N–H and O–H groups in total. The van der Waals surface area contributed by atoms with Crippen LogP contribution in [-0.4, -0.2) is 46.7 Å². The summed E-state index contributed by atoms with van der Waals surface area (Å²) >= 11 is 0. The summed E-state index contributed by atoms with van der Waals surface area (Å²) in [6.45, 7) is 10.2. The third-order valence-corrected chi connectivity index (χ3v) is 6.04. The zero-order valence-electron chi connectivity index (χ0n) is 20.6. The van der Waals surface area contributed by atoms with E-state index in [1.807, 2.05) is 63.3 Å². The molecule has 0 amide bonds. The molecule has 0 bridgehead atoms. The number of carbonyl (C=O) groups is 1. The Morgan fingerprint density at radius 1 is 1.30 bits per heavy atom. The van der Waals surface area contributed by atoms with Crippen molar-refractivity contribution < 1.29 is 24.5 Å². The second-order valence-corrected chi connectivity index (χ2v) is 9.28. The van der Waals surface area contributed by atoms with E-state index in [9.17, 15) is 15.0 Å². The number of rotatable bonds is 9. The minimum absolute atomic E-state index is 0.0122. The van der Waals surface area contributed by atoms with Gasteiger partial charge in [0.15, 0.2) is 0 Å². The predicted molar refractivity (Wildman–Crippen MR) is 132 cm³/mol. The lowest BCUT2D eigenvalue weighted by atomic mass is 9.88. The summed E-state index contributed by atoms with van der Waals surface area (Å²) in [7, 11) is 0. The molecule has 2 heterocycles. The van der Waals surface area contributed by atoms with E-state index in [0.29, 0.717) is 18.8 Å². The molecule has 2 rings (SSSR count). The number of allylic oxidation sites excluding steroid dienone is 7. The summed E-state index contributed by atoms with van der Waals surface area (Å²) in [6, 6.07) is 0. The molecule has 1 saturated heterocycles. The van der Waals surface area contributed by atoms with E-state index in [0.717, 1.165) is 12.0 Å². The van der Waals surface area contributed by atoms with Gasteiger partial charge in [-0.1, -0.05) is 73.6 Å². The van der Waals surface area contributed by atoms with Crippen molar-refractivity contribution in [3.8, 4) is 0 Å². The molecule has 0 aliphatic carbocycles. The van der Waals surface area contributed by atoms with Gasteiger partial charge in [0.25, 0.3) is 0 Å². The fourth-order valence-electron chi connectivity index (χ4n) is 4.19. The highest BCUT2D eigenvalue weighted by atomic mass is 16.5. The van der Waals surface area contributed by atoms with E-state index in [-0.39, 0.29) is 24.1 Å².